The lowest BCUT2D eigenvalue weighted by Gasteiger charge is -2.26. The van der Waals surface area contributed by atoms with E-state index in [1.807, 2.05) is 0 Å². The van der Waals surface area contributed by atoms with Gasteiger partial charge < -0.3 is 10.2 Å². The lowest BCUT2D eigenvalue weighted by Crippen LogP contribution is -2.35. The molecule has 1 heterocycles. The quantitative estimate of drug-likeness (QED) is 0.742. The number of Topliss-reactive ketones (excluding diaryl/α,β-unsaturated/α-hetero) is 1. The fraction of sp³-hybridized carbons (Fsp3) is 0.357. The van der Waals surface area contributed by atoms with Crippen LogP contribution in [0, 0.1) is 0 Å². The normalized spacial score (nSPS) is 18.8. The van der Waals surface area contributed by atoms with Gasteiger partial charge in [0.2, 0.25) is 0 Å². The van der Waals surface area contributed by atoms with Crippen molar-refractivity contribution in [3.8, 4) is 11.5 Å². The molecule has 0 aliphatic carbocycles. The zero-order chi connectivity index (χ0) is 14.9. The largest absolute Gasteiger partial charge is 0.506 e. The molecule has 0 unspecified atom stereocenters. The number of hydrogen-bond donors (Lipinski definition) is 2. The molecule has 2 N–H and O–H groups in total. The molecular weight excluding hydrogens is 390 g/mol. The number of carbonyl (C=O) groups excluding carboxylic acids is 1. The molecule has 0 bridgehead atoms. The first-order valence-electron chi connectivity index (χ1n) is 6.30. The molecule has 20 heavy (non-hydrogen) atoms. The fourth-order valence-corrected chi connectivity index (χ4v) is 3.29. The molecule has 108 valence electrons. The van der Waals surface area contributed by atoms with Crippen molar-refractivity contribution in [3.05, 3.63) is 26.1 Å². The number of carbonyl (C=O) groups is 1. The van der Waals surface area contributed by atoms with E-state index >= 15 is 0 Å². The van der Waals surface area contributed by atoms with Gasteiger partial charge in [-0.25, -0.2) is 0 Å². The lowest BCUT2D eigenvalue weighted by molar-refractivity contribution is -0.117. The first-order valence-corrected chi connectivity index (χ1v) is 7.88. The van der Waals surface area contributed by atoms with E-state index in [0.717, 1.165) is 13.1 Å². The Morgan fingerprint density at radius 2 is 2.05 bits per heavy atom. The van der Waals surface area contributed by atoms with Crippen LogP contribution < -0.4 is 0 Å². The van der Waals surface area contributed by atoms with Gasteiger partial charge in [0.15, 0.2) is 5.78 Å². The summed E-state index contributed by atoms with van der Waals surface area (Å²) < 4.78 is 0.680. The summed E-state index contributed by atoms with van der Waals surface area (Å²) in [6.45, 7) is 4.31. The number of ketones is 1. The Kier molecular flexibility index (Phi) is 4.88. The number of aromatic hydroxyl groups is 2. The van der Waals surface area contributed by atoms with Crippen LogP contribution in [0.4, 0.5) is 0 Å². The Morgan fingerprint density at radius 3 is 2.70 bits per heavy atom. The number of piperidine rings is 1. The number of nitrogens with zero attached hydrogens (tertiary/aromatic N) is 1. The molecule has 6 heteroatoms. The van der Waals surface area contributed by atoms with Crippen LogP contribution in [-0.2, 0) is 4.79 Å². The maximum Gasteiger partial charge on any atom is 0.161 e. The van der Waals surface area contributed by atoms with E-state index in [9.17, 15) is 15.0 Å². The van der Waals surface area contributed by atoms with Gasteiger partial charge in [-0.1, -0.05) is 6.92 Å². The summed E-state index contributed by atoms with van der Waals surface area (Å²) >= 11 is 6.35. The number of benzene rings is 1. The minimum atomic E-state index is -0.0698. The van der Waals surface area contributed by atoms with Crippen LogP contribution in [-0.4, -0.2) is 40.5 Å². The van der Waals surface area contributed by atoms with Crippen LogP contribution >= 0.6 is 31.9 Å². The van der Waals surface area contributed by atoms with Crippen LogP contribution in [0.25, 0.3) is 6.08 Å². The van der Waals surface area contributed by atoms with Crippen molar-refractivity contribution in [3.63, 3.8) is 0 Å². The van der Waals surface area contributed by atoms with Gasteiger partial charge in [-0.15, -0.1) is 0 Å². The second kappa shape index (κ2) is 6.28. The van der Waals surface area contributed by atoms with Crippen LogP contribution in [0.3, 0.4) is 0 Å². The summed E-state index contributed by atoms with van der Waals surface area (Å²) in [4.78, 5) is 14.1. The average molecular weight is 405 g/mol. The maximum absolute atomic E-state index is 12.0. The molecule has 1 aliphatic heterocycles. The Labute approximate surface area is 134 Å². The highest BCUT2D eigenvalue weighted by Crippen LogP contribution is 2.42. The van der Waals surface area contributed by atoms with Crippen LogP contribution in [0.2, 0.25) is 0 Å². The van der Waals surface area contributed by atoms with Gasteiger partial charge in [0.1, 0.15) is 16.0 Å². The SMILES string of the molecule is CCN1CCC(=O)/C(=C/c2cc(Br)c(O)c(Br)c2O)C1. The van der Waals surface area contributed by atoms with Gasteiger partial charge in [-0.05, 0) is 50.5 Å². The topological polar surface area (TPSA) is 60.8 Å². The lowest BCUT2D eigenvalue weighted by atomic mass is 10.00. The van der Waals surface area contributed by atoms with E-state index in [2.05, 4.69) is 43.7 Å². The number of phenols is 2. The molecular formula is C14H15Br2NO3. The molecule has 0 radical (unpaired) electrons. The van der Waals surface area contributed by atoms with Crippen LogP contribution in [0.1, 0.15) is 18.9 Å². The van der Waals surface area contributed by atoms with Gasteiger partial charge in [-0.3, -0.25) is 9.69 Å². The van der Waals surface area contributed by atoms with Crippen molar-refractivity contribution in [1.29, 1.82) is 0 Å². The molecule has 1 fully saturated rings. The minimum absolute atomic E-state index is 0.0604. The summed E-state index contributed by atoms with van der Waals surface area (Å²) in [6.07, 6.45) is 2.19. The Bertz CT molecular complexity index is 584. The number of rotatable bonds is 2. The standard InChI is InChI=1S/C14H15Br2NO3/c1-2-17-4-3-11(18)9(7-17)5-8-6-10(15)14(20)12(16)13(8)19/h5-6,19-20H,2-4,7H2,1H3/b9-5+. The monoisotopic (exact) mass is 403 g/mol. The van der Waals surface area contributed by atoms with E-state index in [4.69, 9.17) is 0 Å². The van der Waals surface area contributed by atoms with Crippen molar-refractivity contribution in [1.82, 2.24) is 4.90 Å². The predicted octanol–water partition coefficient (Wildman–Crippen LogP) is 3.30. The minimum Gasteiger partial charge on any atom is -0.506 e. The molecule has 0 atom stereocenters. The van der Waals surface area contributed by atoms with Crippen molar-refractivity contribution in [2.75, 3.05) is 19.6 Å². The molecule has 1 aliphatic rings. The van der Waals surface area contributed by atoms with Gasteiger partial charge in [0.05, 0.1) is 4.47 Å². The second-order valence-electron chi connectivity index (χ2n) is 4.67. The summed E-state index contributed by atoms with van der Waals surface area (Å²) in [5, 5.41) is 19.7. The second-order valence-corrected chi connectivity index (χ2v) is 6.32. The first-order chi connectivity index (χ1) is 9.43. The molecule has 0 amide bonds. The summed E-state index contributed by atoms with van der Waals surface area (Å²) in [5.41, 5.74) is 1.18. The molecule has 2 rings (SSSR count). The maximum atomic E-state index is 12.0. The number of likely N-dealkylation sites (tertiary alicyclic amines) is 1. The Morgan fingerprint density at radius 1 is 1.35 bits per heavy atom. The molecule has 1 aromatic rings. The van der Waals surface area contributed by atoms with E-state index in [1.165, 1.54) is 0 Å². The number of halogens is 2. The van der Waals surface area contributed by atoms with Crippen LogP contribution in [0.5, 0.6) is 11.5 Å². The van der Waals surface area contributed by atoms with E-state index in [-0.39, 0.29) is 21.8 Å². The molecule has 0 aromatic heterocycles. The van der Waals surface area contributed by atoms with Crippen LogP contribution in [0.15, 0.2) is 20.6 Å². The number of phenolic OH excluding ortho intramolecular Hbond substituents is 2. The highest BCUT2D eigenvalue weighted by molar-refractivity contribution is 9.11. The van der Waals surface area contributed by atoms with Crippen molar-refractivity contribution >= 4 is 43.7 Å². The Balaban J connectivity index is 2.41. The van der Waals surface area contributed by atoms with Gasteiger partial charge in [0.25, 0.3) is 0 Å². The predicted molar refractivity (Wildman–Crippen MR) is 84.9 cm³/mol. The fourth-order valence-electron chi connectivity index (χ4n) is 2.14. The van der Waals surface area contributed by atoms with Gasteiger partial charge >= 0.3 is 0 Å². The molecule has 4 nitrogen and oxygen atoms in total. The third-order valence-corrected chi connectivity index (χ3v) is 4.74. The summed E-state index contributed by atoms with van der Waals surface area (Å²) in [7, 11) is 0. The highest BCUT2D eigenvalue weighted by Gasteiger charge is 2.21. The van der Waals surface area contributed by atoms with Gasteiger partial charge in [-0.2, -0.15) is 0 Å². The highest BCUT2D eigenvalue weighted by atomic mass is 79.9. The van der Waals surface area contributed by atoms with Gasteiger partial charge in [0, 0.05) is 30.6 Å². The zero-order valence-electron chi connectivity index (χ0n) is 11.0. The van der Waals surface area contributed by atoms with Crippen molar-refractivity contribution in [2.45, 2.75) is 13.3 Å². The average Bonchev–Trinajstić information content (AvgIpc) is 2.44. The smallest absolute Gasteiger partial charge is 0.161 e. The van der Waals surface area contributed by atoms with Crippen molar-refractivity contribution in [2.24, 2.45) is 0 Å². The Hall–Kier alpha value is -0.850. The third-order valence-electron chi connectivity index (χ3n) is 3.38. The number of likely N-dealkylation sites (N-methyl/N-ethyl adjacent to an activating group) is 1. The van der Waals surface area contributed by atoms with Crippen molar-refractivity contribution < 1.29 is 15.0 Å². The van der Waals surface area contributed by atoms with E-state index in [0.29, 0.717) is 28.6 Å². The third kappa shape index (κ3) is 3.07. The first kappa shape index (κ1) is 15.5. The zero-order valence-corrected chi connectivity index (χ0v) is 14.2. The summed E-state index contributed by atoms with van der Waals surface area (Å²) in [5.74, 6) is -0.0242. The molecule has 1 saturated heterocycles. The molecule has 1 aromatic carbocycles. The molecule has 0 spiro atoms. The molecule has 0 saturated carbocycles. The van der Waals surface area contributed by atoms with E-state index in [1.54, 1.807) is 12.1 Å². The summed E-state index contributed by atoms with van der Waals surface area (Å²) in [6, 6.07) is 1.60. The number of hydrogen-bond acceptors (Lipinski definition) is 4. The van der Waals surface area contributed by atoms with E-state index < -0.39 is 0 Å².